The maximum atomic E-state index is 12.5. The van der Waals surface area contributed by atoms with Gasteiger partial charge in [-0.1, -0.05) is 0 Å². The van der Waals surface area contributed by atoms with E-state index >= 15 is 0 Å². The standard InChI is InChI=1S/C13H26N4O/c1-12(16-6-3-4-14-5-7-16)13(18)17-10-8-15(2)9-11-17/h12,14H,3-11H2,1-2H3/t12-/m1/s1. The van der Waals surface area contributed by atoms with Crippen LogP contribution in [0.5, 0.6) is 0 Å². The summed E-state index contributed by atoms with van der Waals surface area (Å²) in [6, 6.07) is 0.0355. The van der Waals surface area contributed by atoms with E-state index in [9.17, 15) is 4.79 Å². The molecule has 0 saturated carbocycles. The van der Waals surface area contributed by atoms with E-state index in [2.05, 4.69) is 29.1 Å². The van der Waals surface area contributed by atoms with Crippen LogP contribution in [0, 0.1) is 0 Å². The van der Waals surface area contributed by atoms with Gasteiger partial charge in [0.2, 0.25) is 5.91 Å². The van der Waals surface area contributed by atoms with Gasteiger partial charge in [-0.05, 0) is 26.9 Å². The molecule has 0 radical (unpaired) electrons. The van der Waals surface area contributed by atoms with Crippen molar-refractivity contribution in [1.82, 2.24) is 20.0 Å². The van der Waals surface area contributed by atoms with Crippen LogP contribution in [0.15, 0.2) is 0 Å². The Kier molecular flexibility index (Phi) is 4.97. The van der Waals surface area contributed by atoms with E-state index in [1.54, 1.807) is 0 Å². The first kappa shape index (κ1) is 13.8. The highest BCUT2D eigenvalue weighted by Crippen LogP contribution is 2.08. The maximum Gasteiger partial charge on any atom is 0.239 e. The molecule has 0 aromatic heterocycles. The number of carbonyl (C=O) groups is 1. The van der Waals surface area contributed by atoms with Crippen LogP contribution in [0.4, 0.5) is 0 Å². The Labute approximate surface area is 110 Å². The zero-order valence-corrected chi connectivity index (χ0v) is 11.7. The van der Waals surface area contributed by atoms with Gasteiger partial charge in [-0.3, -0.25) is 9.69 Å². The number of rotatable bonds is 2. The molecule has 1 amide bonds. The van der Waals surface area contributed by atoms with Crippen LogP contribution in [0.3, 0.4) is 0 Å². The average molecular weight is 254 g/mol. The van der Waals surface area contributed by atoms with Gasteiger partial charge in [0.25, 0.3) is 0 Å². The molecule has 2 saturated heterocycles. The van der Waals surface area contributed by atoms with Gasteiger partial charge in [0, 0.05) is 45.8 Å². The van der Waals surface area contributed by atoms with Crippen molar-refractivity contribution in [3.05, 3.63) is 0 Å². The first-order valence-corrected chi connectivity index (χ1v) is 7.10. The fourth-order valence-corrected chi connectivity index (χ4v) is 2.70. The van der Waals surface area contributed by atoms with Crippen molar-refractivity contribution >= 4 is 5.91 Å². The largest absolute Gasteiger partial charge is 0.339 e. The van der Waals surface area contributed by atoms with Crippen molar-refractivity contribution in [2.45, 2.75) is 19.4 Å². The van der Waals surface area contributed by atoms with Gasteiger partial charge in [0.05, 0.1) is 6.04 Å². The smallest absolute Gasteiger partial charge is 0.239 e. The molecule has 1 N–H and O–H groups in total. The lowest BCUT2D eigenvalue weighted by molar-refractivity contribution is -0.138. The molecule has 5 nitrogen and oxygen atoms in total. The first-order valence-electron chi connectivity index (χ1n) is 7.10. The fourth-order valence-electron chi connectivity index (χ4n) is 2.70. The summed E-state index contributed by atoms with van der Waals surface area (Å²) in [5, 5.41) is 3.38. The van der Waals surface area contributed by atoms with E-state index in [4.69, 9.17) is 0 Å². The molecule has 0 spiro atoms. The van der Waals surface area contributed by atoms with Crippen molar-refractivity contribution in [3.8, 4) is 0 Å². The van der Waals surface area contributed by atoms with Crippen LogP contribution in [0.2, 0.25) is 0 Å². The highest BCUT2D eigenvalue weighted by Gasteiger charge is 2.27. The Morgan fingerprint density at radius 1 is 1.06 bits per heavy atom. The third-order valence-electron chi connectivity index (χ3n) is 4.09. The molecule has 104 valence electrons. The van der Waals surface area contributed by atoms with Crippen molar-refractivity contribution in [3.63, 3.8) is 0 Å². The summed E-state index contributed by atoms with van der Waals surface area (Å²) in [4.78, 5) is 19.1. The number of hydrogen-bond donors (Lipinski definition) is 1. The maximum absolute atomic E-state index is 12.5. The van der Waals surface area contributed by atoms with Crippen LogP contribution in [0.1, 0.15) is 13.3 Å². The highest BCUT2D eigenvalue weighted by molar-refractivity contribution is 5.81. The van der Waals surface area contributed by atoms with Gasteiger partial charge in [-0.15, -0.1) is 0 Å². The number of carbonyl (C=O) groups excluding carboxylic acids is 1. The summed E-state index contributed by atoms with van der Waals surface area (Å²) in [5.74, 6) is 0.310. The average Bonchev–Trinajstić information content (AvgIpc) is 2.67. The Bertz CT molecular complexity index is 268. The second kappa shape index (κ2) is 6.50. The highest BCUT2D eigenvalue weighted by atomic mass is 16.2. The van der Waals surface area contributed by atoms with Gasteiger partial charge in [0.1, 0.15) is 0 Å². The Morgan fingerprint density at radius 2 is 1.78 bits per heavy atom. The number of likely N-dealkylation sites (N-methyl/N-ethyl adjacent to an activating group) is 1. The number of piperazine rings is 1. The predicted molar refractivity (Wildman–Crippen MR) is 72.6 cm³/mol. The number of nitrogens with zero attached hydrogens (tertiary/aromatic N) is 3. The molecule has 2 aliphatic rings. The Morgan fingerprint density at radius 3 is 2.50 bits per heavy atom. The molecule has 0 bridgehead atoms. The van der Waals surface area contributed by atoms with Gasteiger partial charge in [-0.2, -0.15) is 0 Å². The van der Waals surface area contributed by atoms with Crippen LogP contribution in [-0.4, -0.2) is 86.1 Å². The van der Waals surface area contributed by atoms with Crippen molar-refractivity contribution < 1.29 is 4.79 Å². The zero-order valence-electron chi connectivity index (χ0n) is 11.7. The van der Waals surface area contributed by atoms with E-state index < -0.39 is 0 Å². The lowest BCUT2D eigenvalue weighted by Crippen LogP contribution is -2.53. The molecule has 2 heterocycles. The van der Waals surface area contributed by atoms with Gasteiger partial charge < -0.3 is 15.1 Å². The third kappa shape index (κ3) is 3.43. The van der Waals surface area contributed by atoms with E-state index in [0.29, 0.717) is 5.91 Å². The molecule has 2 fully saturated rings. The predicted octanol–water partition coefficient (Wildman–Crippen LogP) is -0.556. The quantitative estimate of drug-likeness (QED) is 0.717. The molecule has 5 heteroatoms. The normalized spacial score (nSPS) is 25.8. The molecule has 0 aromatic rings. The zero-order chi connectivity index (χ0) is 13.0. The second-order valence-corrected chi connectivity index (χ2v) is 5.44. The monoisotopic (exact) mass is 254 g/mol. The van der Waals surface area contributed by atoms with Crippen LogP contribution < -0.4 is 5.32 Å². The summed E-state index contributed by atoms with van der Waals surface area (Å²) >= 11 is 0. The third-order valence-corrected chi connectivity index (χ3v) is 4.09. The lowest BCUT2D eigenvalue weighted by atomic mass is 10.2. The van der Waals surface area contributed by atoms with E-state index in [0.717, 1.165) is 58.8 Å². The van der Waals surface area contributed by atoms with Crippen molar-refractivity contribution in [2.24, 2.45) is 0 Å². The summed E-state index contributed by atoms with van der Waals surface area (Å²) in [6.45, 7) is 9.92. The lowest BCUT2D eigenvalue weighted by Gasteiger charge is -2.36. The molecule has 0 aliphatic carbocycles. The number of nitrogens with one attached hydrogen (secondary N) is 1. The molecule has 0 aromatic carbocycles. The van der Waals surface area contributed by atoms with E-state index in [1.165, 1.54) is 0 Å². The molecule has 2 aliphatic heterocycles. The fraction of sp³-hybridized carbons (Fsp3) is 0.923. The van der Waals surface area contributed by atoms with Gasteiger partial charge >= 0.3 is 0 Å². The summed E-state index contributed by atoms with van der Waals surface area (Å²) < 4.78 is 0. The number of amides is 1. The van der Waals surface area contributed by atoms with Crippen LogP contribution in [0.25, 0.3) is 0 Å². The molecule has 2 rings (SSSR count). The van der Waals surface area contributed by atoms with Gasteiger partial charge in [0.15, 0.2) is 0 Å². The summed E-state index contributed by atoms with van der Waals surface area (Å²) in [7, 11) is 2.12. The first-order chi connectivity index (χ1) is 8.68. The SMILES string of the molecule is C[C@H](C(=O)N1CCN(C)CC1)N1CCCNCC1. The minimum Gasteiger partial charge on any atom is -0.339 e. The van der Waals surface area contributed by atoms with E-state index in [-0.39, 0.29) is 6.04 Å². The topological polar surface area (TPSA) is 38.8 Å². The van der Waals surface area contributed by atoms with Gasteiger partial charge in [-0.25, -0.2) is 0 Å². The molecule has 18 heavy (non-hydrogen) atoms. The van der Waals surface area contributed by atoms with Crippen LogP contribution in [-0.2, 0) is 4.79 Å². The minimum absolute atomic E-state index is 0.0355. The van der Waals surface area contributed by atoms with Crippen molar-refractivity contribution in [1.29, 1.82) is 0 Å². The second-order valence-electron chi connectivity index (χ2n) is 5.44. The molecule has 0 unspecified atom stereocenters. The van der Waals surface area contributed by atoms with Crippen molar-refractivity contribution in [2.75, 3.05) is 59.4 Å². The molecule has 1 atom stereocenters. The summed E-state index contributed by atoms with van der Waals surface area (Å²) in [5.41, 5.74) is 0. The molecular formula is C13H26N4O. The summed E-state index contributed by atoms with van der Waals surface area (Å²) in [6.07, 6.45) is 1.14. The number of hydrogen-bond acceptors (Lipinski definition) is 4. The van der Waals surface area contributed by atoms with E-state index in [1.807, 2.05) is 4.90 Å². The minimum atomic E-state index is 0.0355. The molecular weight excluding hydrogens is 228 g/mol. The van der Waals surface area contributed by atoms with Crippen LogP contribution >= 0.6 is 0 Å². The Balaban J connectivity index is 1.87. The Hall–Kier alpha value is -0.650.